The monoisotopic (exact) mass is 914 g/mol. The van der Waals surface area contributed by atoms with Crippen molar-refractivity contribution in [1.82, 2.24) is 14.1 Å². The molecule has 1 aliphatic heterocycles. The quantitative estimate of drug-likeness (QED) is 0.130. The van der Waals surface area contributed by atoms with Gasteiger partial charge in [0, 0.05) is 44.6 Å². The number of nitrogens with zero attached hydrogens (tertiary/aromatic N) is 4. The van der Waals surface area contributed by atoms with Crippen LogP contribution in [0.15, 0.2) is 209 Å². The molecule has 7 heteroatoms. The first-order valence-electron chi connectivity index (χ1n) is 24.1. The third-order valence-corrected chi connectivity index (χ3v) is 14.5. The maximum absolute atomic E-state index is 6.87. The molecule has 14 aromatic rings. The van der Waals surface area contributed by atoms with E-state index in [1.165, 1.54) is 5.56 Å². The zero-order valence-electron chi connectivity index (χ0n) is 39.1. The third kappa shape index (κ3) is 5.84. The van der Waals surface area contributed by atoms with Crippen LogP contribution in [0.4, 0.5) is 0 Å². The number of fused-ring (bicyclic) bond motifs is 18. The fourth-order valence-electron chi connectivity index (χ4n) is 11.3. The summed E-state index contributed by atoms with van der Waals surface area (Å²) in [5.41, 5.74) is 17.1. The van der Waals surface area contributed by atoms with Gasteiger partial charge in [0.15, 0.2) is 0 Å². The lowest BCUT2D eigenvalue weighted by atomic mass is 9.86. The van der Waals surface area contributed by atoms with Gasteiger partial charge in [-0.25, -0.2) is 4.98 Å². The van der Waals surface area contributed by atoms with E-state index in [2.05, 4.69) is 217 Å². The number of hydrogen-bond donors (Lipinski definition) is 0. The second kappa shape index (κ2) is 14.7. The van der Waals surface area contributed by atoms with Gasteiger partial charge in [-0.1, -0.05) is 136 Å². The Morgan fingerprint density at radius 3 is 1.93 bits per heavy atom. The molecule has 0 radical (unpaired) electrons. The smallest absolute Gasteiger partial charge is 0.269 e. The van der Waals surface area contributed by atoms with Gasteiger partial charge in [0.2, 0.25) is 0 Å². The number of imidazole rings is 1. The number of rotatable bonds is 4. The van der Waals surface area contributed by atoms with Gasteiger partial charge in [0.1, 0.15) is 39.6 Å². The van der Waals surface area contributed by atoms with E-state index in [1.807, 2.05) is 24.4 Å². The lowest BCUT2D eigenvalue weighted by Crippen LogP contribution is -2.31. The van der Waals surface area contributed by atoms with Crippen LogP contribution in [-0.2, 0) is 5.41 Å². The molecule has 0 saturated heterocycles. The lowest BCUT2D eigenvalue weighted by molar-refractivity contribution is -0.569. The normalized spacial score (nSPS) is 12.4. The van der Waals surface area contributed by atoms with Crippen LogP contribution in [0.25, 0.3) is 127 Å². The number of benzene rings is 9. The largest absolute Gasteiger partial charge is 0.458 e. The Hall–Kier alpha value is -9.20. The first-order valence-corrected chi connectivity index (χ1v) is 24.1. The fraction of sp³-hybridized carbons (Fsp3) is 0.0625. The molecular formula is C64H42N4O3. The molecule has 15 rings (SSSR count). The van der Waals surface area contributed by atoms with Crippen LogP contribution in [-0.4, -0.2) is 14.1 Å². The number of furan rings is 2. The molecule has 6 heterocycles. The Morgan fingerprint density at radius 1 is 0.493 bits per heavy atom. The van der Waals surface area contributed by atoms with Crippen molar-refractivity contribution in [2.75, 3.05) is 0 Å². The molecule has 0 unspecified atom stereocenters. The summed E-state index contributed by atoms with van der Waals surface area (Å²) in [5.74, 6) is 2.30. The molecule has 0 amide bonds. The first-order chi connectivity index (χ1) is 34.8. The van der Waals surface area contributed by atoms with Crippen LogP contribution in [0.2, 0.25) is 0 Å². The van der Waals surface area contributed by atoms with Crippen molar-refractivity contribution in [1.29, 1.82) is 0 Å². The van der Waals surface area contributed by atoms with Crippen molar-refractivity contribution in [2.45, 2.75) is 26.2 Å². The molecule has 0 bridgehead atoms. The Kier molecular flexibility index (Phi) is 8.21. The molecule has 9 aromatic carbocycles. The minimum absolute atomic E-state index is 0.0317. The third-order valence-electron chi connectivity index (χ3n) is 14.5. The second-order valence-electron chi connectivity index (χ2n) is 19.7. The predicted octanol–water partition coefficient (Wildman–Crippen LogP) is 16.4. The summed E-state index contributed by atoms with van der Waals surface area (Å²) in [7, 11) is 0. The highest BCUT2D eigenvalue weighted by Gasteiger charge is 2.30. The second-order valence-corrected chi connectivity index (χ2v) is 19.7. The van der Waals surface area contributed by atoms with Crippen molar-refractivity contribution >= 4 is 76.7 Å². The van der Waals surface area contributed by atoms with Gasteiger partial charge in [0.05, 0.1) is 33.4 Å². The highest BCUT2D eigenvalue weighted by atomic mass is 16.5. The number of para-hydroxylation sites is 4. The van der Waals surface area contributed by atoms with E-state index >= 15 is 0 Å². The highest BCUT2D eigenvalue weighted by molar-refractivity contribution is 6.20. The maximum Gasteiger partial charge on any atom is 0.269 e. The zero-order valence-corrected chi connectivity index (χ0v) is 39.1. The fourth-order valence-corrected chi connectivity index (χ4v) is 11.3. The molecule has 1 aliphatic rings. The average molecular weight is 915 g/mol. The first kappa shape index (κ1) is 39.8. The van der Waals surface area contributed by atoms with Crippen LogP contribution < -0.4 is 9.30 Å². The van der Waals surface area contributed by atoms with Gasteiger partial charge in [-0.05, 0) is 117 Å². The van der Waals surface area contributed by atoms with Crippen molar-refractivity contribution in [3.8, 4) is 62.1 Å². The molecule has 0 N–H and O–H groups in total. The minimum atomic E-state index is -0.0317. The summed E-state index contributed by atoms with van der Waals surface area (Å²) in [6.07, 6.45) is 5.88. The van der Waals surface area contributed by atoms with Crippen molar-refractivity contribution in [3.63, 3.8) is 0 Å². The molecule has 0 atom stereocenters. The highest BCUT2D eigenvalue weighted by Crippen LogP contribution is 2.50. The summed E-state index contributed by atoms with van der Waals surface area (Å²) in [5, 5.41) is 6.49. The summed E-state index contributed by atoms with van der Waals surface area (Å²) in [6.45, 7) is 6.71. The Bertz CT molecular complexity index is 4560. The summed E-state index contributed by atoms with van der Waals surface area (Å²) < 4.78 is 26.9. The van der Waals surface area contributed by atoms with E-state index in [1.54, 1.807) is 0 Å². The zero-order chi connectivity index (χ0) is 47.1. The van der Waals surface area contributed by atoms with E-state index in [0.717, 1.165) is 133 Å². The van der Waals surface area contributed by atoms with Crippen LogP contribution in [0.5, 0.6) is 11.5 Å². The number of hydrogen-bond acceptors (Lipinski definition) is 4. The van der Waals surface area contributed by atoms with E-state index in [4.69, 9.17) is 18.6 Å². The molecule has 71 heavy (non-hydrogen) atoms. The standard InChI is InChI=1S/C64H42N4O3/c1-64(2,3)38-32-33-65-58(34-38)68-51-22-9-6-18-44(51)45-27-26-41(36-53(45)68)69-40-15-12-14-39(35-40)66-37-67-62-47(21-13-23-52(62)66)43-17-5-4-16-42(43)46-28-30-56-60(48-19-7-10-24-54(48)70-56)59(46)50-29-31-57-61(63(50)67)49-20-8-11-25-55(49)71-57/h4-36H,1-3H3. The minimum Gasteiger partial charge on any atom is -0.458 e. The van der Waals surface area contributed by atoms with Gasteiger partial charge < -0.3 is 13.6 Å². The van der Waals surface area contributed by atoms with Gasteiger partial charge >= 0.3 is 0 Å². The maximum atomic E-state index is 6.87. The SMILES string of the molecule is CC(C)(C)c1ccnc(-n2c3ccccc3c3ccc(Oc4cccc(-n5[c-][n+]6c7c(cccc75)-c5ccccc5-c5ccc7oc8ccccc8c7c5-c5ccc7oc8ccccc8c7c5-6)c4)cc32)c1. The van der Waals surface area contributed by atoms with Gasteiger partial charge in [-0.2, -0.15) is 0 Å². The Balaban J connectivity index is 0.957. The van der Waals surface area contributed by atoms with Crippen LogP contribution in [0, 0.1) is 6.33 Å². The van der Waals surface area contributed by atoms with Gasteiger partial charge in [0.25, 0.3) is 6.33 Å². The van der Waals surface area contributed by atoms with Crippen LogP contribution in [0.1, 0.15) is 26.3 Å². The molecule has 0 spiro atoms. The number of pyridine rings is 1. The van der Waals surface area contributed by atoms with Gasteiger partial charge in [-0.3, -0.25) is 13.7 Å². The molecule has 0 saturated carbocycles. The van der Waals surface area contributed by atoms with Crippen LogP contribution in [0.3, 0.4) is 0 Å². The van der Waals surface area contributed by atoms with Gasteiger partial charge in [-0.15, -0.1) is 0 Å². The van der Waals surface area contributed by atoms with Crippen molar-refractivity contribution < 1.29 is 18.1 Å². The van der Waals surface area contributed by atoms with E-state index in [9.17, 15) is 0 Å². The lowest BCUT2D eigenvalue weighted by Gasteiger charge is -2.20. The summed E-state index contributed by atoms with van der Waals surface area (Å²) in [6, 6.07) is 68.3. The van der Waals surface area contributed by atoms with Crippen molar-refractivity contribution in [2.24, 2.45) is 0 Å². The Labute approximate surface area is 407 Å². The summed E-state index contributed by atoms with van der Waals surface area (Å²) >= 11 is 0. The summed E-state index contributed by atoms with van der Waals surface area (Å²) in [4.78, 5) is 4.91. The van der Waals surface area contributed by atoms with E-state index in [0.29, 0.717) is 5.75 Å². The average Bonchev–Trinajstić information content (AvgIpc) is 4.17. The van der Waals surface area contributed by atoms with E-state index in [-0.39, 0.29) is 5.41 Å². The molecule has 0 fully saturated rings. The van der Waals surface area contributed by atoms with Crippen LogP contribution >= 0.6 is 0 Å². The molecule has 7 nitrogen and oxygen atoms in total. The molecule has 336 valence electrons. The van der Waals surface area contributed by atoms with Crippen molar-refractivity contribution in [3.05, 3.63) is 212 Å². The topological polar surface area (TPSA) is 62.1 Å². The predicted molar refractivity (Wildman–Crippen MR) is 285 cm³/mol. The Morgan fingerprint density at radius 2 is 1.13 bits per heavy atom. The number of ether oxygens (including phenoxy) is 1. The molecule has 5 aromatic heterocycles. The molecule has 0 aliphatic carbocycles. The molecular weight excluding hydrogens is 873 g/mol. The van der Waals surface area contributed by atoms with E-state index < -0.39 is 0 Å². The number of aromatic nitrogens is 4.